The molecule has 10 nitrogen and oxygen atoms in total. The van der Waals surface area contributed by atoms with Crippen LogP contribution in [-0.4, -0.2) is 69.8 Å². The van der Waals surface area contributed by atoms with Crippen LogP contribution in [0.25, 0.3) is 0 Å². The number of hydrogen-bond acceptors (Lipinski definition) is 8. The molecule has 12 heteroatoms. The van der Waals surface area contributed by atoms with Gasteiger partial charge in [-0.25, -0.2) is 0 Å². The van der Waals surface area contributed by atoms with E-state index in [1.165, 1.54) is 12.7 Å². The third kappa shape index (κ3) is 6.04. The lowest BCUT2D eigenvalue weighted by molar-refractivity contribution is -0.144. The SMILES string of the molecule is COc1cc(C2C3=CCC4C(=O)N(C5CCN(Cc6ccccc6)CC5)C(=O)C4C3CC3C(=O)N(Nc4ccc(C)cc4)C(=O)C32c2ccccc2)c(Br)c(Br)c1O. The second-order valence-electron chi connectivity index (χ2n) is 16.3. The highest BCUT2D eigenvalue weighted by molar-refractivity contribution is 9.13. The highest BCUT2D eigenvalue weighted by Crippen LogP contribution is 2.65. The van der Waals surface area contributed by atoms with Crippen molar-refractivity contribution in [2.24, 2.45) is 23.7 Å². The van der Waals surface area contributed by atoms with Gasteiger partial charge in [0.1, 0.15) is 0 Å². The molecule has 58 heavy (non-hydrogen) atoms. The minimum absolute atomic E-state index is 0.119. The smallest absolute Gasteiger partial charge is 0.260 e. The number of methoxy groups -OCH3 is 1. The number of allylic oxidation sites excluding steroid dienone is 2. The molecule has 4 amide bonds. The number of ether oxygens (including phenoxy) is 1. The van der Waals surface area contributed by atoms with Crippen molar-refractivity contribution >= 4 is 61.2 Å². The molecule has 2 aliphatic carbocycles. The van der Waals surface area contributed by atoms with Crippen LogP contribution in [-0.2, 0) is 31.1 Å². The first kappa shape index (κ1) is 38.7. The largest absolute Gasteiger partial charge is 0.503 e. The van der Waals surface area contributed by atoms with E-state index in [-0.39, 0.29) is 35.8 Å². The van der Waals surface area contributed by atoms with E-state index in [0.29, 0.717) is 45.0 Å². The number of phenols is 1. The molecular formula is C46H44Br2N4O6. The maximum absolute atomic E-state index is 15.5. The van der Waals surface area contributed by atoms with Crippen molar-refractivity contribution in [2.45, 2.75) is 56.5 Å². The molecule has 0 radical (unpaired) electrons. The second-order valence-corrected chi connectivity index (χ2v) is 17.9. The lowest BCUT2D eigenvalue weighted by Crippen LogP contribution is -2.53. The summed E-state index contributed by atoms with van der Waals surface area (Å²) in [5.74, 6) is -4.55. The zero-order chi connectivity index (χ0) is 40.5. The third-order valence-electron chi connectivity index (χ3n) is 13.3. The Hall–Kier alpha value is -4.78. The first-order valence-corrected chi connectivity index (χ1v) is 21.5. The Kier molecular flexibility index (Phi) is 10.1. The molecule has 0 spiro atoms. The summed E-state index contributed by atoms with van der Waals surface area (Å²) in [6.07, 6.45) is 3.97. The Morgan fingerprint density at radius 3 is 2.19 bits per heavy atom. The van der Waals surface area contributed by atoms with Gasteiger partial charge < -0.3 is 9.84 Å². The molecule has 3 heterocycles. The number of benzene rings is 4. The standard InChI is InChI=1S/C46H44Br2N4O6/c1-26-13-15-29(16-14-26)49-52-43(55)35-23-33-31(38(34-24-36(58-2)41(53)40(48)39(34)47)46(35,45(52)57)28-11-7-4-8-12-28)17-18-32-37(33)44(56)51(42(32)54)30-19-21-50(22-20-30)25-27-9-5-3-6-10-27/h3-17,24,30,32-33,35,37-38,49,53H,18-23,25H2,1-2H3. The van der Waals surface area contributed by atoms with E-state index in [4.69, 9.17) is 4.74 Å². The van der Waals surface area contributed by atoms with Gasteiger partial charge in [0.25, 0.3) is 11.8 Å². The van der Waals surface area contributed by atoms with Gasteiger partial charge >= 0.3 is 0 Å². The molecule has 3 aliphatic heterocycles. The number of rotatable bonds is 8. The van der Waals surface area contributed by atoms with Gasteiger partial charge in [0.15, 0.2) is 11.5 Å². The van der Waals surface area contributed by atoms with Crippen LogP contribution in [0.2, 0.25) is 0 Å². The number of piperidine rings is 1. The molecule has 6 unspecified atom stereocenters. The molecule has 4 aromatic rings. The number of hydrogen-bond donors (Lipinski definition) is 2. The maximum Gasteiger partial charge on any atom is 0.260 e. The Morgan fingerprint density at radius 1 is 0.845 bits per heavy atom. The van der Waals surface area contributed by atoms with Gasteiger partial charge in [0.2, 0.25) is 11.8 Å². The number of amides is 4. The van der Waals surface area contributed by atoms with Crippen molar-refractivity contribution in [3.63, 3.8) is 0 Å². The molecule has 0 aromatic heterocycles. The van der Waals surface area contributed by atoms with E-state index in [0.717, 1.165) is 35.8 Å². The molecule has 2 N–H and O–H groups in total. The van der Waals surface area contributed by atoms with Crippen LogP contribution in [0, 0.1) is 30.6 Å². The summed E-state index contributed by atoms with van der Waals surface area (Å²) in [5, 5.41) is 12.3. The Morgan fingerprint density at radius 2 is 1.52 bits per heavy atom. The highest BCUT2D eigenvalue weighted by atomic mass is 79.9. The van der Waals surface area contributed by atoms with Gasteiger partial charge in [-0.3, -0.25) is 34.4 Å². The van der Waals surface area contributed by atoms with Gasteiger partial charge in [-0.15, -0.1) is 0 Å². The van der Waals surface area contributed by atoms with Crippen molar-refractivity contribution in [3.8, 4) is 11.5 Å². The molecule has 5 aliphatic rings. The number of aromatic hydroxyl groups is 1. The number of nitrogens with one attached hydrogen (secondary N) is 1. The zero-order valence-electron chi connectivity index (χ0n) is 32.2. The number of nitrogens with zero attached hydrogens (tertiary/aromatic N) is 3. The first-order chi connectivity index (χ1) is 28.0. The van der Waals surface area contributed by atoms with Crippen molar-refractivity contribution in [1.82, 2.24) is 14.8 Å². The number of phenolic OH excluding ortho intramolecular Hbond substituents is 1. The van der Waals surface area contributed by atoms with Gasteiger partial charge in [0, 0.05) is 36.1 Å². The fraction of sp³-hybridized carbons (Fsp3) is 0.348. The Labute approximate surface area is 354 Å². The lowest BCUT2D eigenvalue weighted by atomic mass is 9.49. The molecular weight excluding hydrogens is 864 g/mol. The molecule has 6 atom stereocenters. The summed E-state index contributed by atoms with van der Waals surface area (Å²) in [7, 11) is 1.46. The van der Waals surface area contributed by atoms with Gasteiger partial charge in [-0.05, 0) is 105 Å². The summed E-state index contributed by atoms with van der Waals surface area (Å²) in [6, 6.07) is 28.7. The summed E-state index contributed by atoms with van der Waals surface area (Å²) < 4.78 is 6.51. The fourth-order valence-electron chi connectivity index (χ4n) is 10.6. The molecule has 3 saturated heterocycles. The average molecular weight is 909 g/mol. The van der Waals surface area contributed by atoms with Crippen LogP contribution in [0.15, 0.2) is 112 Å². The third-order valence-corrected chi connectivity index (χ3v) is 15.5. The van der Waals surface area contributed by atoms with Gasteiger partial charge in [-0.2, -0.15) is 5.01 Å². The quantitative estimate of drug-likeness (QED) is 0.136. The number of likely N-dealkylation sites (tertiary alicyclic amines) is 2. The molecule has 298 valence electrons. The van der Waals surface area contributed by atoms with E-state index in [9.17, 15) is 14.7 Å². The highest BCUT2D eigenvalue weighted by Gasteiger charge is 2.70. The lowest BCUT2D eigenvalue weighted by Gasteiger charge is -2.51. The normalized spacial score (nSPS) is 27.3. The summed E-state index contributed by atoms with van der Waals surface area (Å²) in [4.78, 5) is 63.9. The van der Waals surface area contributed by atoms with E-state index in [2.05, 4.69) is 60.4 Å². The minimum atomic E-state index is -1.47. The van der Waals surface area contributed by atoms with Crippen molar-refractivity contribution in [3.05, 3.63) is 134 Å². The number of imide groups is 2. The Bertz CT molecular complexity index is 2330. The second kappa shape index (κ2) is 15.1. The van der Waals surface area contributed by atoms with Crippen molar-refractivity contribution in [2.75, 3.05) is 25.6 Å². The maximum atomic E-state index is 15.5. The number of carbonyl (C=O) groups is 4. The predicted molar refractivity (Wildman–Crippen MR) is 225 cm³/mol. The number of halogens is 2. The summed E-state index contributed by atoms with van der Waals surface area (Å²) in [6.45, 7) is 4.33. The topological polar surface area (TPSA) is 119 Å². The van der Waals surface area contributed by atoms with Crippen LogP contribution in [0.3, 0.4) is 0 Å². The molecule has 9 rings (SSSR count). The summed E-state index contributed by atoms with van der Waals surface area (Å²) in [5.41, 5.74) is 6.64. The summed E-state index contributed by atoms with van der Waals surface area (Å²) >= 11 is 7.34. The van der Waals surface area contributed by atoms with E-state index >= 15 is 9.59 Å². The number of hydrazine groups is 1. The first-order valence-electron chi connectivity index (χ1n) is 19.9. The van der Waals surface area contributed by atoms with Gasteiger partial charge in [0.05, 0.1) is 40.4 Å². The average Bonchev–Trinajstić information content (AvgIpc) is 3.62. The van der Waals surface area contributed by atoms with Crippen molar-refractivity contribution in [1.29, 1.82) is 0 Å². The Balaban J connectivity index is 1.14. The monoisotopic (exact) mass is 906 g/mol. The van der Waals surface area contributed by atoms with Crippen LogP contribution < -0.4 is 10.2 Å². The molecule has 4 aromatic carbocycles. The zero-order valence-corrected chi connectivity index (χ0v) is 35.4. The van der Waals surface area contributed by atoms with Crippen LogP contribution >= 0.6 is 31.9 Å². The van der Waals surface area contributed by atoms with Crippen LogP contribution in [0.4, 0.5) is 5.69 Å². The van der Waals surface area contributed by atoms with E-state index in [1.807, 2.05) is 79.7 Å². The van der Waals surface area contributed by atoms with E-state index < -0.39 is 46.8 Å². The minimum Gasteiger partial charge on any atom is -0.503 e. The van der Waals surface area contributed by atoms with Crippen LogP contribution in [0.5, 0.6) is 11.5 Å². The van der Waals surface area contributed by atoms with E-state index in [1.54, 1.807) is 11.0 Å². The fourth-order valence-corrected chi connectivity index (χ4v) is 11.6. The number of fused-ring (bicyclic) bond motifs is 4. The van der Waals surface area contributed by atoms with Gasteiger partial charge in [-0.1, -0.05) is 90.0 Å². The number of aryl methyl sites for hydroxylation is 1. The molecule has 4 fully saturated rings. The molecule has 1 saturated carbocycles. The predicted octanol–water partition coefficient (Wildman–Crippen LogP) is 7.88. The number of anilines is 1. The van der Waals surface area contributed by atoms with Crippen molar-refractivity contribution < 1.29 is 29.0 Å². The molecule has 0 bridgehead atoms. The number of carbonyl (C=O) groups excluding carboxylic acids is 4. The van der Waals surface area contributed by atoms with Crippen LogP contribution in [0.1, 0.15) is 53.9 Å².